The molecule has 2 N–H and O–H groups in total. The lowest BCUT2D eigenvalue weighted by Gasteiger charge is -2.32. The Balaban J connectivity index is 2.15. The predicted molar refractivity (Wildman–Crippen MR) is 61.7 cm³/mol. The molecule has 1 unspecified atom stereocenters. The summed E-state index contributed by atoms with van der Waals surface area (Å²) in [5.74, 6) is -1.06. The van der Waals surface area contributed by atoms with Crippen molar-refractivity contribution in [3.05, 3.63) is 0 Å². The molecule has 0 radical (unpaired) electrons. The van der Waals surface area contributed by atoms with Crippen molar-refractivity contribution in [3.63, 3.8) is 0 Å². The minimum absolute atomic E-state index is 0.294. The van der Waals surface area contributed by atoms with Gasteiger partial charge in [-0.1, -0.05) is 0 Å². The number of aliphatic carboxylic acids is 1. The molecule has 0 aromatic heterocycles. The Bertz CT molecular complexity index is 416. The van der Waals surface area contributed by atoms with Gasteiger partial charge in [0.25, 0.3) is 10.2 Å². The maximum atomic E-state index is 12.1. The normalized spacial score (nSPS) is 28.9. The highest BCUT2D eigenvalue weighted by atomic mass is 32.2. The van der Waals surface area contributed by atoms with Gasteiger partial charge in [0.15, 0.2) is 0 Å². The Labute approximate surface area is 101 Å². The Morgan fingerprint density at radius 1 is 1.41 bits per heavy atom. The van der Waals surface area contributed by atoms with Crippen LogP contribution in [0.15, 0.2) is 0 Å². The Morgan fingerprint density at radius 2 is 2.06 bits per heavy atom. The average molecular weight is 262 g/mol. The molecule has 2 fully saturated rings. The Kier molecular flexibility index (Phi) is 3.17. The van der Waals surface area contributed by atoms with Crippen LogP contribution in [0.3, 0.4) is 0 Å². The zero-order valence-electron chi connectivity index (χ0n) is 9.85. The molecule has 1 aliphatic carbocycles. The van der Waals surface area contributed by atoms with Gasteiger partial charge in [-0.2, -0.15) is 17.4 Å². The number of nitrogens with one attached hydrogen (secondary N) is 1. The van der Waals surface area contributed by atoms with E-state index in [0.717, 1.165) is 30.0 Å². The molecule has 0 aromatic carbocycles. The number of carboxylic acids is 1. The highest BCUT2D eigenvalue weighted by Crippen LogP contribution is 2.36. The van der Waals surface area contributed by atoms with E-state index in [1.807, 2.05) is 6.92 Å². The number of carboxylic acid groups (broad SMARTS) is 1. The molecule has 2 aliphatic rings. The molecule has 7 heteroatoms. The van der Waals surface area contributed by atoms with E-state index in [2.05, 4.69) is 4.72 Å². The number of nitrogens with zero attached hydrogens (tertiary/aromatic N) is 1. The fraction of sp³-hybridized carbons (Fsp3) is 0.900. The summed E-state index contributed by atoms with van der Waals surface area (Å²) in [5, 5.41) is 9.05. The second-order valence-electron chi connectivity index (χ2n) is 5.13. The van der Waals surface area contributed by atoms with Crippen molar-refractivity contribution in [1.29, 1.82) is 0 Å². The molecule has 0 aromatic rings. The van der Waals surface area contributed by atoms with E-state index in [9.17, 15) is 13.2 Å². The molecular weight excluding hydrogens is 244 g/mol. The van der Waals surface area contributed by atoms with Crippen LogP contribution in [0.4, 0.5) is 0 Å². The van der Waals surface area contributed by atoms with E-state index in [1.54, 1.807) is 0 Å². The van der Waals surface area contributed by atoms with Gasteiger partial charge in [-0.15, -0.1) is 0 Å². The van der Waals surface area contributed by atoms with Crippen molar-refractivity contribution < 1.29 is 18.3 Å². The minimum atomic E-state index is -3.67. The molecule has 1 atom stereocenters. The first kappa shape index (κ1) is 12.8. The molecule has 2 rings (SSSR count). The largest absolute Gasteiger partial charge is 0.480 e. The molecular formula is C10H18N2O4S. The van der Waals surface area contributed by atoms with E-state index in [-0.39, 0.29) is 5.54 Å². The van der Waals surface area contributed by atoms with Crippen LogP contribution < -0.4 is 4.72 Å². The minimum Gasteiger partial charge on any atom is -0.480 e. The fourth-order valence-corrected chi connectivity index (χ4v) is 3.94. The monoisotopic (exact) mass is 262 g/mol. The van der Waals surface area contributed by atoms with Gasteiger partial charge < -0.3 is 5.11 Å². The van der Waals surface area contributed by atoms with Crippen LogP contribution in [0.5, 0.6) is 0 Å². The van der Waals surface area contributed by atoms with Crippen LogP contribution in [0.2, 0.25) is 0 Å². The molecule has 0 amide bonds. The predicted octanol–water partition coefficient (Wildman–Crippen LogP) is 0.312. The summed E-state index contributed by atoms with van der Waals surface area (Å²) in [6.07, 6.45) is 3.52. The van der Waals surface area contributed by atoms with Crippen molar-refractivity contribution in [2.24, 2.45) is 0 Å². The molecule has 98 valence electrons. The van der Waals surface area contributed by atoms with E-state index in [0.29, 0.717) is 13.0 Å². The van der Waals surface area contributed by atoms with Gasteiger partial charge in [-0.05, 0) is 39.0 Å². The quantitative estimate of drug-likeness (QED) is 0.763. The summed E-state index contributed by atoms with van der Waals surface area (Å²) in [6, 6.07) is -0.913. The second kappa shape index (κ2) is 4.22. The molecule has 1 saturated heterocycles. The summed E-state index contributed by atoms with van der Waals surface area (Å²) < 4.78 is 27.9. The van der Waals surface area contributed by atoms with Crippen molar-refractivity contribution in [3.8, 4) is 0 Å². The lowest BCUT2D eigenvalue weighted by atomic mass is 10.1. The second-order valence-corrected chi connectivity index (χ2v) is 6.75. The van der Waals surface area contributed by atoms with Crippen LogP contribution in [-0.4, -0.2) is 41.9 Å². The molecule has 1 heterocycles. The summed E-state index contributed by atoms with van der Waals surface area (Å²) >= 11 is 0. The lowest BCUT2D eigenvalue weighted by molar-refractivity contribution is -0.142. The molecule has 6 nitrogen and oxygen atoms in total. The van der Waals surface area contributed by atoms with Crippen molar-refractivity contribution in [2.45, 2.75) is 50.6 Å². The summed E-state index contributed by atoms with van der Waals surface area (Å²) in [4.78, 5) is 11.1. The number of piperidine rings is 1. The third kappa shape index (κ3) is 2.78. The number of hydrogen-bond acceptors (Lipinski definition) is 3. The van der Waals surface area contributed by atoms with Gasteiger partial charge >= 0.3 is 5.97 Å². The maximum absolute atomic E-state index is 12.1. The molecule has 1 saturated carbocycles. The van der Waals surface area contributed by atoms with E-state index in [1.165, 1.54) is 0 Å². The molecule has 0 spiro atoms. The smallest absolute Gasteiger partial charge is 0.322 e. The van der Waals surface area contributed by atoms with Crippen molar-refractivity contribution in [2.75, 3.05) is 6.54 Å². The van der Waals surface area contributed by atoms with Gasteiger partial charge in [0.05, 0.1) is 0 Å². The van der Waals surface area contributed by atoms with Crippen LogP contribution in [0.1, 0.15) is 39.0 Å². The summed E-state index contributed by atoms with van der Waals surface area (Å²) in [7, 11) is -3.67. The van der Waals surface area contributed by atoms with Crippen LogP contribution in [0.25, 0.3) is 0 Å². The summed E-state index contributed by atoms with van der Waals surface area (Å²) in [6.45, 7) is 2.13. The van der Waals surface area contributed by atoms with Crippen LogP contribution in [0, 0.1) is 0 Å². The van der Waals surface area contributed by atoms with Gasteiger partial charge in [0.2, 0.25) is 0 Å². The molecule has 1 aliphatic heterocycles. The first-order valence-corrected chi connectivity index (χ1v) is 7.32. The van der Waals surface area contributed by atoms with E-state index in [4.69, 9.17) is 5.11 Å². The maximum Gasteiger partial charge on any atom is 0.322 e. The van der Waals surface area contributed by atoms with Gasteiger partial charge in [0, 0.05) is 12.1 Å². The zero-order valence-corrected chi connectivity index (χ0v) is 10.7. The highest BCUT2D eigenvalue weighted by molar-refractivity contribution is 7.87. The Morgan fingerprint density at radius 3 is 2.59 bits per heavy atom. The van der Waals surface area contributed by atoms with Crippen LogP contribution in [-0.2, 0) is 15.0 Å². The third-order valence-electron chi connectivity index (χ3n) is 3.42. The number of hydrogen-bond donors (Lipinski definition) is 2. The zero-order chi connectivity index (χ0) is 12.7. The summed E-state index contributed by atoms with van der Waals surface area (Å²) in [5.41, 5.74) is -0.362. The van der Waals surface area contributed by atoms with Crippen LogP contribution >= 0.6 is 0 Å². The highest BCUT2D eigenvalue weighted by Gasteiger charge is 2.45. The van der Waals surface area contributed by atoms with Gasteiger partial charge in [-0.25, -0.2) is 0 Å². The molecule has 17 heavy (non-hydrogen) atoms. The van der Waals surface area contributed by atoms with Crippen molar-refractivity contribution >= 4 is 16.2 Å². The van der Waals surface area contributed by atoms with E-state index < -0.39 is 22.2 Å². The number of rotatable bonds is 4. The SMILES string of the molecule is CC1(NS(=O)(=O)N2CCCCC2C(=O)O)CC1. The topological polar surface area (TPSA) is 86.7 Å². The number of carbonyl (C=O) groups is 1. The first-order valence-electron chi connectivity index (χ1n) is 5.88. The average Bonchev–Trinajstić information content (AvgIpc) is 2.95. The van der Waals surface area contributed by atoms with Crippen molar-refractivity contribution in [1.82, 2.24) is 9.03 Å². The lowest BCUT2D eigenvalue weighted by Crippen LogP contribution is -2.54. The fourth-order valence-electron chi connectivity index (χ4n) is 2.10. The third-order valence-corrected chi connectivity index (χ3v) is 5.23. The van der Waals surface area contributed by atoms with Gasteiger partial charge in [0.1, 0.15) is 6.04 Å². The van der Waals surface area contributed by atoms with E-state index >= 15 is 0 Å². The standard InChI is InChI=1S/C10H18N2O4S/c1-10(5-6-10)11-17(15,16)12-7-3-2-4-8(12)9(13)14/h8,11H,2-7H2,1H3,(H,13,14). The Hall–Kier alpha value is -0.660. The van der Waals surface area contributed by atoms with Gasteiger partial charge in [-0.3, -0.25) is 4.79 Å². The first-order chi connectivity index (χ1) is 7.84. The molecule has 0 bridgehead atoms.